The lowest BCUT2D eigenvalue weighted by Gasteiger charge is -2.11. The van der Waals surface area contributed by atoms with Gasteiger partial charge < -0.3 is 10.6 Å². The Morgan fingerprint density at radius 1 is 1.19 bits per heavy atom. The van der Waals surface area contributed by atoms with Crippen LogP contribution in [-0.2, 0) is 6.42 Å². The maximum absolute atomic E-state index is 12.5. The van der Waals surface area contributed by atoms with Crippen molar-refractivity contribution in [3.8, 4) is 0 Å². The van der Waals surface area contributed by atoms with Crippen molar-refractivity contribution >= 4 is 34.2 Å². The largest absolute Gasteiger partial charge is 0.322 e. The van der Waals surface area contributed by atoms with Gasteiger partial charge in [0.15, 0.2) is 0 Å². The van der Waals surface area contributed by atoms with Gasteiger partial charge in [-0.1, -0.05) is 24.3 Å². The zero-order valence-corrected chi connectivity index (χ0v) is 14.4. The molecule has 2 aromatic carbocycles. The van der Waals surface area contributed by atoms with Crippen molar-refractivity contribution in [1.82, 2.24) is 5.32 Å². The van der Waals surface area contributed by atoms with Crippen LogP contribution in [0.25, 0.3) is 0 Å². The molecular formula is C17H19IN2O. The molecule has 1 amide bonds. The van der Waals surface area contributed by atoms with E-state index in [9.17, 15) is 4.79 Å². The molecule has 2 N–H and O–H groups in total. The maximum atomic E-state index is 12.5. The molecule has 0 aliphatic carbocycles. The highest BCUT2D eigenvalue weighted by molar-refractivity contribution is 14.1. The van der Waals surface area contributed by atoms with Crippen molar-refractivity contribution in [3.05, 3.63) is 62.7 Å². The van der Waals surface area contributed by atoms with E-state index in [1.54, 1.807) is 0 Å². The standard InChI is InChI=1S/C17H19IN2O/c1-12-7-8-14(11-16(12)18)20-17(21)15-6-4-3-5-13(15)9-10-19-2/h3-8,11,19H,9-10H2,1-2H3,(H,20,21). The zero-order chi connectivity index (χ0) is 15.2. The Labute approximate surface area is 139 Å². The summed E-state index contributed by atoms with van der Waals surface area (Å²) >= 11 is 2.28. The van der Waals surface area contributed by atoms with E-state index in [1.165, 1.54) is 5.56 Å². The molecule has 0 aromatic heterocycles. The highest BCUT2D eigenvalue weighted by Gasteiger charge is 2.11. The first-order valence-corrected chi connectivity index (χ1v) is 7.99. The van der Waals surface area contributed by atoms with Crippen molar-refractivity contribution in [1.29, 1.82) is 0 Å². The Morgan fingerprint density at radius 2 is 1.95 bits per heavy atom. The van der Waals surface area contributed by atoms with Gasteiger partial charge in [0.1, 0.15) is 0 Å². The second kappa shape index (κ2) is 7.56. The lowest BCUT2D eigenvalue weighted by atomic mass is 10.0. The van der Waals surface area contributed by atoms with Gasteiger partial charge >= 0.3 is 0 Å². The first-order valence-electron chi connectivity index (χ1n) is 6.92. The fourth-order valence-electron chi connectivity index (χ4n) is 2.09. The smallest absolute Gasteiger partial charge is 0.255 e. The van der Waals surface area contributed by atoms with Crippen LogP contribution in [0.15, 0.2) is 42.5 Å². The molecule has 2 aromatic rings. The monoisotopic (exact) mass is 394 g/mol. The average molecular weight is 394 g/mol. The van der Waals surface area contributed by atoms with E-state index >= 15 is 0 Å². The average Bonchev–Trinajstić information content (AvgIpc) is 2.49. The number of carbonyl (C=O) groups excluding carboxylic acids is 1. The Bertz CT molecular complexity index is 640. The highest BCUT2D eigenvalue weighted by Crippen LogP contribution is 2.18. The van der Waals surface area contributed by atoms with Gasteiger partial charge in [-0.05, 0) is 78.9 Å². The molecule has 0 fully saturated rings. The van der Waals surface area contributed by atoms with E-state index in [0.29, 0.717) is 0 Å². The van der Waals surface area contributed by atoms with Crippen molar-refractivity contribution in [2.24, 2.45) is 0 Å². The summed E-state index contributed by atoms with van der Waals surface area (Å²) in [4.78, 5) is 12.5. The Kier molecular flexibility index (Phi) is 5.76. The van der Waals surface area contributed by atoms with Gasteiger partial charge in [-0.2, -0.15) is 0 Å². The van der Waals surface area contributed by atoms with Crippen LogP contribution in [0.4, 0.5) is 5.69 Å². The molecule has 0 aliphatic rings. The van der Waals surface area contributed by atoms with Crippen molar-refractivity contribution in [3.63, 3.8) is 0 Å². The quantitative estimate of drug-likeness (QED) is 0.761. The molecule has 0 atom stereocenters. The van der Waals surface area contributed by atoms with Crippen LogP contribution in [0.3, 0.4) is 0 Å². The van der Waals surface area contributed by atoms with Crippen LogP contribution >= 0.6 is 22.6 Å². The fourth-order valence-corrected chi connectivity index (χ4v) is 2.60. The third-order valence-corrected chi connectivity index (χ3v) is 4.50. The first kappa shape index (κ1) is 16.0. The third kappa shape index (κ3) is 4.28. The number of hydrogen-bond acceptors (Lipinski definition) is 2. The maximum Gasteiger partial charge on any atom is 0.255 e. The Balaban J connectivity index is 2.18. The molecule has 0 saturated heterocycles. The molecule has 0 radical (unpaired) electrons. The summed E-state index contributed by atoms with van der Waals surface area (Å²) in [6, 6.07) is 13.7. The fraction of sp³-hybridized carbons (Fsp3) is 0.235. The van der Waals surface area contributed by atoms with Crippen LogP contribution in [0.5, 0.6) is 0 Å². The molecule has 110 valence electrons. The molecule has 0 spiro atoms. The Hall–Kier alpha value is -1.40. The molecule has 21 heavy (non-hydrogen) atoms. The highest BCUT2D eigenvalue weighted by atomic mass is 127. The van der Waals surface area contributed by atoms with Crippen LogP contribution in [-0.4, -0.2) is 19.5 Å². The Morgan fingerprint density at radius 3 is 2.67 bits per heavy atom. The number of likely N-dealkylation sites (N-methyl/N-ethyl adjacent to an activating group) is 1. The predicted molar refractivity (Wildman–Crippen MR) is 95.9 cm³/mol. The van der Waals surface area contributed by atoms with Gasteiger partial charge in [0, 0.05) is 14.8 Å². The number of hydrogen-bond donors (Lipinski definition) is 2. The van der Waals surface area contributed by atoms with Crippen molar-refractivity contribution in [2.75, 3.05) is 18.9 Å². The predicted octanol–water partition coefficient (Wildman–Crippen LogP) is 3.61. The van der Waals surface area contributed by atoms with Gasteiger partial charge in [-0.3, -0.25) is 4.79 Å². The molecular weight excluding hydrogens is 375 g/mol. The summed E-state index contributed by atoms with van der Waals surface area (Å²) in [6.07, 6.45) is 0.839. The van der Waals surface area contributed by atoms with Crippen LogP contribution < -0.4 is 10.6 Å². The van der Waals surface area contributed by atoms with Crippen molar-refractivity contribution < 1.29 is 4.79 Å². The van der Waals surface area contributed by atoms with Crippen LogP contribution in [0.1, 0.15) is 21.5 Å². The summed E-state index contributed by atoms with van der Waals surface area (Å²) in [5, 5.41) is 6.09. The molecule has 4 heteroatoms. The van der Waals surface area contributed by atoms with Gasteiger partial charge in [0.25, 0.3) is 5.91 Å². The lowest BCUT2D eigenvalue weighted by molar-refractivity contribution is 0.102. The first-order chi connectivity index (χ1) is 10.1. The van der Waals surface area contributed by atoms with E-state index < -0.39 is 0 Å². The van der Waals surface area contributed by atoms with Gasteiger partial charge in [0.2, 0.25) is 0 Å². The summed E-state index contributed by atoms with van der Waals surface area (Å²) < 4.78 is 1.15. The molecule has 3 nitrogen and oxygen atoms in total. The summed E-state index contributed by atoms with van der Waals surface area (Å²) in [7, 11) is 1.91. The minimum absolute atomic E-state index is 0.0543. The summed E-state index contributed by atoms with van der Waals surface area (Å²) in [6.45, 7) is 2.91. The second-order valence-corrected chi connectivity index (χ2v) is 6.09. The van der Waals surface area contributed by atoms with Gasteiger partial charge in [0.05, 0.1) is 0 Å². The zero-order valence-electron chi connectivity index (χ0n) is 12.2. The number of anilines is 1. The lowest BCUT2D eigenvalue weighted by Crippen LogP contribution is -2.17. The van der Waals surface area contributed by atoms with Gasteiger partial charge in [-0.15, -0.1) is 0 Å². The molecule has 0 heterocycles. The number of amides is 1. The number of benzene rings is 2. The van der Waals surface area contributed by atoms with E-state index in [1.807, 2.05) is 49.5 Å². The third-order valence-electron chi connectivity index (χ3n) is 3.34. The minimum Gasteiger partial charge on any atom is -0.322 e. The molecule has 0 saturated carbocycles. The number of aryl methyl sites for hydroxylation is 1. The number of halogens is 1. The van der Waals surface area contributed by atoms with Gasteiger partial charge in [-0.25, -0.2) is 0 Å². The van der Waals surface area contributed by atoms with Crippen LogP contribution in [0, 0.1) is 10.5 Å². The summed E-state index contributed by atoms with van der Waals surface area (Å²) in [5.74, 6) is -0.0543. The van der Waals surface area contributed by atoms with Crippen LogP contribution in [0.2, 0.25) is 0 Å². The number of rotatable bonds is 5. The summed E-state index contributed by atoms with van der Waals surface area (Å²) in [5.41, 5.74) is 3.84. The normalized spacial score (nSPS) is 10.4. The SMILES string of the molecule is CNCCc1ccccc1C(=O)Nc1ccc(C)c(I)c1. The van der Waals surface area contributed by atoms with E-state index in [4.69, 9.17) is 0 Å². The van der Waals surface area contributed by atoms with Crippen molar-refractivity contribution in [2.45, 2.75) is 13.3 Å². The number of carbonyl (C=O) groups is 1. The molecule has 0 unspecified atom stereocenters. The molecule has 0 bridgehead atoms. The topological polar surface area (TPSA) is 41.1 Å². The molecule has 2 rings (SSSR count). The molecule has 0 aliphatic heterocycles. The van der Waals surface area contributed by atoms with E-state index in [-0.39, 0.29) is 5.91 Å². The minimum atomic E-state index is -0.0543. The second-order valence-electron chi connectivity index (χ2n) is 4.93. The number of nitrogens with one attached hydrogen (secondary N) is 2. The van der Waals surface area contributed by atoms with E-state index in [0.717, 1.165) is 33.4 Å². The van der Waals surface area contributed by atoms with E-state index in [2.05, 4.69) is 40.1 Å².